The van der Waals surface area contributed by atoms with Gasteiger partial charge in [0.25, 0.3) is 5.91 Å². The maximum atomic E-state index is 12.4. The number of hydrogen-bond donors (Lipinski definition) is 1. The molecule has 6 heteroatoms. The van der Waals surface area contributed by atoms with Crippen LogP contribution < -0.4 is 14.8 Å². The molecule has 26 heavy (non-hydrogen) atoms. The second-order valence-electron chi connectivity index (χ2n) is 5.54. The molecule has 2 aromatic heterocycles. The maximum Gasteiger partial charge on any atom is 0.253 e. The molecule has 0 aliphatic rings. The predicted molar refractivity (Wildman–Crippen MR) is 97.4 cm³/mol. The Morgan fingerprint density at radius 3 is 2.50 bits per heavy atom. The van der Waals surface area contributed by atoms with Gasteiger partial charge < -0.3 is 14.8 Å². The zero-order chi connectivity index (χ0) is 18.4. The minimum atomic E-state index is -0.192. The number of benzene rings is 1. The van der Waals surface area contributed by atoms with Crippen molar-refractivity contribution in [3.8, 4) is 17.4 Å². The van der Waals surface area contributed by atoms with Gasteiger partial charge in [0.1, 0.15) is 0 Å². The Kier molecular flexibility index (Phi) is 5.43. The van der Waals surface area contributed by atoms with Gasteiger partial charge in [0.2, 0.25) is 5.88 Å². The lowest BCUT2D eigenvalue weighted by Crippen LogP contribution is -2.24. The molecule has 6 nitrogen and oxygen atoms in total. The Hall–Kier alpha value is -3.41. The van der Waals surface area contributed by atoms with Gasteiger partial charge in [0.15, 0.2) is 11.5 Å². The molecule has 0 aliphatic carbocycles. The van der Waals surface area contributed by atoms with Crippen LogP contribution in [0.3, 0.4) is 0 Å². The van der Waals surface area contributed by atoms with E-state index in [1.165, 1.54) is 0 Å². The largest absolute Gasteiger partial charge is 0.493 e. The van der Waals surface area contributed by atoms with Crippen LogP contribution in [0.15, 0.2) is 60.9 Å². The second kappa shape index (κ2) is 8.11. The number of carbonyl (C=O) groups excluding carboxylic acids is 1. The Labute approximate surface area is 151 Å². The summed E-state index contributed by atoms with van der Waals surface area (Å²) in [5.41, 5.74) is 1.98. The molecule has 3 rings (SSSR count). The Bertz CT molecular complexity index is 912. The molecule has 0 atom stereocenters. The quantitative estimate of drug-likeness (QED) is 0.737. The van der Waals surface area contributed by atoms with Gasteiger partial charge in [-0.25, -0.2) is 4.98 Å². The summed E-state index contributed by atoms with van der Waals surface area (Å²) in [4.78, 5) is 20.8. The summed E-state index contributed by atoms with van der Waals surface area (Å²) in [5.74, 6) is 1.39. The Morgan fingerprint density at radius 2 is 1.73 bits per heavy atom. The highest BCUT2D eigenvalue weighted by Crippen LogP contribution is 2.31. The molecule has 2 heterocycles. The van der Waals surface area contributed by atoms with Gasteiger partial charge in [-0.15, -0.1) is 0 Å². The molecule has 1 aromatic carbocycles. The van der Waals surface area contributed by atoms with Crippen LogP contribution in [0.5, 0.6) is 17.4 Å². The Balaban J connectivity index is 1.75. The van der Waals surface area contributed by atoms with Crippen LogP contribution in [0.25, 0.3) is 0 Å². The van der Waals surface area contributed by atoms with Crippen molar-refractivity contribution in [2.24, 2.45) is 0 Å². The first kappa shape index (κ1) is 17.4. The van der Waals surface area contributed by atoms with Crippen molar-refractivity contribution in [3.63, 3.8) is 0 Å². The van der Waals surface area contributed by atoms with Crippen molar-refractivity contribution >= 4 is 5.91 Å². The summed E-state index contributed by atoms with van der Waals surface area (Å²) < 4.78 is 11.2. The number of nitrogens with zero attached hydrogens (tertiary/aromatic N) is 2. The fraction of sp³-hybridized carbons (Fsp3) is 0.150. The number of ether oxygens (including phenoxy) is 2. The molecule has 1 N–H and O–H groups in total. The van der Waals surface area contributed by atoms with E-state index < -0.39 is 0 Å². The van der Waals surface area contributed by atoms with Crippen LogP contribution in [0.1, 0.15) is 21.6 Å². The van der Waals surface area contributed by atoms with Gasteiger partial charge in [0.05, 0.1) is 12.7 Å². The highest BCUT2D eigenvalue weighted by Gasteiger charge is 2.13. The third-order valence-electron chi connectivity index (χ3n) is 3.82. The molecular formula is C20H19N3O3. The monoisotopic (exact) mass is 349 g/mol. The van der Waals surface area contributed by atoms with Crippen LogP contribution in [0.4, 0.5) is 0 Å². The second-order valence-corrected chi connectivity index (χ2v) is 5.54. The van der Waals surface area contributed by atoms with Gasteiger partial charge in [-0.3, -0.25) is 9.78 Å². The first-order valence-corrected chi connectivity index (χ1v) is 8.13. The number of amides is 1. The highest BCUT2D eigenvalue weighted by molar-refractivity contribution is 5.95. The van der Waals surface area contributed by atoms with E-state index in [-0.39, 0.29) is 12.5 Å². The Morgan fingerprint density at radius 1 is 1.00 bits per heavy atom. The predicted octanol–water partition coefficient (Wildman–Crippen LogP) is 3.52. The molecule has 1 amide bonds. The molecule has 0 saturated heterocycles. The molecule has 3 aromatic rings. The van der Waals surface area contributed by atoms with E-state index in [9.17, 15) is 4.79 Å². The van der Waals surface area contributed by atoms with E-state index in [1.807, 2.05) is 24.3 Å². The first-order valence-electron chi connectivity index (χ1n) is 8.13. The topological polar surface area (TPSA) is 73.3 Å². The van der Waals surface area contributed by atoms with Gasteiger partial charge in [-0.1, -0.05) is 18.2 Å². The number of pyridine rings is 2. The number of aromatic nitrogens is 2. The van der Waals surface area contributed by atoms with Crippen molar-refractivity contribution < 1.29 is 14.3 Å². The minimum Gasteiger partial charge on any atom is -0.493 e. The van der Waals surface area contributed by atoms with Gasteiger partial charge >= 0.3 is 0 Å². The van der Waals surface area contributed by atoms with Crippen LogP contribution in [-0.4, -0.2) is 23.0 Å². The molecular weight excluding hydrogens is 330 g/mol. The number of carbonyl (C=O) groups is 1. The molecule has 0 spiro atoms. The number of aryl methyl sites for hydroxylation is 1. The summed E-state index contributed by atoms with van der Waals surface area (Å²) >= 11 is 0. The van der Waals surface area contributed by atoms with Crippen molar-refractivity contribution in [2.45, 2.75) is 13.5 Å². The van der Waals surface area contributed by atoms with Gasteiger partial charge in [-0.2, -0.15) is 0 Å². The fourth-order valence-corrected chi connectivity index (χ4v) is 2.45. The van der Waals surface area contributed by atoms with E-state index in [0.717, 1.165) is 5.56 Å². The molecule has 0 bridgehead atoms. The number of nitrogens with one attached hydrogen (secondary N) is 1. The molecule has 0 fully saturated rings. The summed E-state index contributed by atoms with van der Waals surface area (Å²) in [5, 5.41) is 2.88. The van der Waals surface area contributed by atoms with Crippen LogP contribution in [-0.2, 0) is 6.54 Å². The molecule has 0 saturated carbocycles. The van der Waals surface area contributed by atoms with Gasteiger partial charge in [0, 0.05) is 30.2 Å². The number of hydrogen-bond acceptors (Lipinski definition) is 5. The van der Waals surface area contributed by atoms with Crippen molar-refractivity contribution in [1.82, 2.24) is 15.3 Å². The van der Waals surface area contributed by atoms with Crippen LogP contribution in [0, 0.1) is 6.92 Å². The molecule has 132 valence electrons. The highest BCUT2D eigenvalue weighted by atomic mass is 16.5. The van der Waals surface area contributed by atoms with Crippen molar-refractivity contribution in [1.29, 1.82) is 0 Å². The molecule has 0 radical (unpaired) electrons. The van der Waals surface area contributed by atoms with E-state index in [4.69, 9.17) is 9.47 Å². The zero-order valence-corrected chi connectivity index (χ0v) is 14.6. The lowest BCUT2D eigenvalue weighted by atomic mass is 10.2. The average Bonchev–Trinajstić information content (AvgIpc) is 2.68. The van der Waals surface area contributed by atoms with E-state index in [0.29, 0.717) is 28.6 Å². The summed E-state index contributed by atoms with van der Waals surface area (Å²) in [7, 11) is 1.58. The third kappa shape index (κ3) is 3.97. The van der Waals surface area contributed by atoms with E-state index >= 15 is 0 Å². The normalized spacial score (nSPS) is 10.2. The summed E-state index contributed by atoms with van der Waals surface area (Å²) in [6, 6.07) is 14.5. The van der Waals surface area contributed by atoms with Crippen LogP contribution in [0.2, 0.25) is 0 Å². The van der Waals surface area contributed by atoms with Gasteiger partial charge in [-0.05, 0) is 37.3 Å². The average molecular weight is 349 g/mol. The minimum absolute atomic E-state index is 0.192. The number of para-hydroxylation sites is 2. The summed E-state index contributed by atoms with van der Waals surface area (Å²) in [6.07, 6.45) is 3.30. The third-order valence-corrected chi connectivity index (χ3v) is 3.82. The van der Waals surface area contributed by atoms with E-state index in [1.54, 1.807) is 50.7 Å². The first-order chi connectivity index (χ1) is 12.7. The SMILES string of the molecule is COc1ccccc1Oc1ncccc1CNC(=O)c1cccnc1C. The standard InChI is InChI=1S/C20H19N3O3/c1-14-16(8-6-11-21-14)19(24)23-13-15-7-5-12-22-20(15)26-18-10-4-3-9-17(18)25-2/h3-12H,13H2,1-2H3,(H,23,24). The fourth-order valence-electron chi connectivity index (χ4n) is 2.45. The smallest absolute Gasteiger partial charge is 0.253 e. The van der Waals surface area contributed by atoms with E-state index in [2.05, 4.69) is 15.3 Å². The van der Waals surface area contributed by atoms with Crippen LogP contribution >= 0.6 is 0 Å². The zero-order valence-electron chi connectivity index (χ0n) is 14.6. The van der Waals surface area contributed by atoms with Crippen molar-refractivity contribution in [2.75, 3.05) is 7.11 Å². The van der Waals surface area contributed by atoms with Crippen molar-refractivity contribution in [3.05, 3.63) is 77.7 Å². The lowest BCUT2D eigenvalue weighted by Gasteiger charge is -2.13. The maximum absolute atomic E-state index is 12.4. The lowest BCUT2D eigenvalue weighted by molar-refractivity contribution is 0.0949. The summed E-state index contributed by atoms with van der Waals surface area (Å²) in [6.45, 7) is 2.08. The number of rotatable bonds is 6. The molecule has 0 aliphatic heterocycles. The molecule has 0 unspecified atom stereocenters. The number of methoxy groups -OCH3 is 1.